The van der Waals surface area contributed by atoms with E-state index in [2.05, 4.69) is 0 Å². The van der Waals surface area contributed by atoms with Crippen LogP contribution in [0.4, 0.5) is 0 Å². The summed E-state index contributed by atoms with van der Waals surface area (Å²) < 4.78 is 10.3. The van der Waals surface area contributed by atoms with E-state index in [1.807, 2.05) is 19.9 Å². The third kappa shape index (κ3) is 4.31. The Kier molecular flexibility index (Phi) is 5.53. The Morgan fingerprint density at radius 2 is 1.62 bits per heavy atom. The maximum Gasteiger partial charge on any atom is 0.316 e. The van der Waals surface area contributed by atoms with Crippen LogP contribution >= 0.6 is 0 Å². The topological polar surface area (TPSA) is 52.6 Å². The predicted molar refractivity (Wildman–Crippen MR) is 80.9 cm³/mol. The molecule has 116 valence electrons. The van der Waals surface area contributed by atoms with Gasteiger partial charge in [0.05, 0.1) is 17.9 Å². The summed E-state index contributed by atoms with van der Waals surface area (Å²) in [7, 11) is 1.37. The maximum absolute atomic E-state index is 12.4. The lowest BCUT2D eigenvalue weighted by Gasteiger charge is -2.33. The summed E-state index contributed by atoms with van der Waals surface area (Å²) >= 11 is 0. The standard InChI is InChI=1S/C17H24O4/c1-6-17(4,15(19)20-5)12-16(2,3)14(18)21-13-10-8-7-9-11-13/h7-11H,6,12H2,1-5H3. The van der Waals surface area contributed by atoms with E-state index in [9.17, 15) is 9.59 Å². The Bertz CT molecular complexity index is 493. The fraction of sp³-hybridized carbons (Fsp3) is 0.529. The number of methoxy groups -OCH3 is 1. The molecule has 1 rings (SSSR count). The van der Waals surface area contributed by atoms with Gasteiger partial charge < -0.3 is 9.47 Å². The van der Waals surface area contributed by atoms with E-state index in [-0.39, 0.29) is 11.9 Å². The summed E-state index contributed by atoms with van der Waals surface area (Å²) in [5.41, 5.74) is -1.48. The second kappa shape index (κ2) is 6.74. The molecule has 4 nitrogen and oxygen atoms in total. The fourth-order valence-corrected chi connectivity index (χ4v) is 2.37. The first-order valence-corrected chi connectivity index (χ1v) is 7.11. The maximum atomic E-state index is 12.4. The van der Waals surface area contributed by atoms with E-state index in [0.717, 1.165) is 0 Å². The average Bonchev–Trinajstić information content (AvgIpc) is 2.46. The monoisotopic (exact) mass is 292 g/mol. The number of ether oxygens (including phenoxy) is 2. The summed E-state index contributed by atoms with van der Waals surface area (Å²) in [6.07, 6.45) is 0.969. The normalized spacial score (nSPS) is 14.1. The Morgan fingerprint density at radius 1 is 1.05 bits per heavy atom. The first-order chi connectivity index (χ1) is 9.75. The lowest BCUT2D eigenvalue weighted by molar-refractivity contribution is -0.157. The zero-order valence-corrected chi connectivity index (χ0v) is 13.4. The van der Waals surface area contributed by atoms with Crippen molar-refractivity contribution < 1.29 is 19.1 Å². The highest BCUT2D eigenvalue weighted by molar-refractivity contribution is 5.81. The van der Waals surface area contributed by atoms with E-state index in [1.165, 1.54) is 7.11 Å². The Labute approximate surface area is 126 Å². The van der Waals surface area contributed by atoms with Gasteiger partial charge >= 0.3 is 11.9 Å². The number of para-hydroxylation sites is 1. The van der Waals surface area contributed by atoms with Crippen molar-refractivity contribution in [2.75, 3.05) is 7.11 Å². The third-order valence-corrected chi connectivity index (χ3v) is 3.80. The van der Waals surface area contributed by atoms with Crippen LogP contribution < -0.4 is 4.74 Å². The zero-order chi connectivity index (χ0) is 16.1. The van der Waals surface area contributed by atoms with E-state index >= 15 is 0 Å². The van der Waals surface area contributed by atoms with Crippen molar-refractivity contribution in [1.82, 2.24) is 0 Å². The highest BCUT2D eigenvalue weighted by atomic mass is 16.5. The molecule has 0 spiro atoms. The van der Waals surface area contributed by atoms with Gasteiger partial charge in [0.15, 0.2) is 0 Å². The first-order valence-electron chi connectivity index (χ1n) is 7.11. The van der Waals surface area contributed by atoms with Crippen LogP contribution in [0.1, 0.15) is 40.5 Å². The van der Waals surface area contributed by atoms with Crippen LogP contribution in [0.5, 0.6) is 5.75 Å². The van der Waals surface area contributed by atoms with Crippen LogP contribution in [0.3, 0.4) is 0 Å². The van der Waals surface area contributed by atoms with Gasteiger partial charge in [0.25, 0.3) is 0 Å². The Morgan fingerprint density at radius 3 is 2.10 bits per heavy atom. The number of hydrogen-bond donors (Lipinski definition) is 0. The van der Waals surface area contributed by atoms with Gasteiger partial charge in [-0.25, -0.2) is 0 Å². The molecule has 0 saturated heterocycles. The van der Waals surface area contributed by atoms with Crippen LogP contribution in [-0.2, 0) is 14.3 Å². The van der Waals surface area contributed by atoms with Gasteiger partial charge in [-0.05, 0) is 45.7 Å². The molecular weight excluding hydrogens is 268 g/mol. The van der Waals surface area contributed by atoms with Gasteiger partial charge in [0, 0.05) is 0 Å². The van der Waals surface area contributed by atoms with Crippen molar-refractivity contribution in [2.24, 2.45) is 10.8 Å². The molecule has 0 bridgehead atoms. The minimum absolute atomic E-state index is 0.300. The van der Waals surface area contributed by atoms with Gasteiger partial charge in [-0.2, -0.15) is 0 Å². The van der Waals surface area contributed by atoms with Gasteiger partial charge in [-0.1, -0.05) is 25.1 Å². The summed E-state index contributed by atoms with van der Waals surface area (Å²) in [4.78, 5) is 24.3. The number of hydrogen-bond acceptors (Lipinski definition) is 4. The van der Waals surface area contributed by atoms with E-state index in [1.54, 1.807) is 38.1 Å². The quantitative estimate of drug-likeness (QED) is 0.594. The molecule has 0 aromatic heterocycles. The Balaban J connectivity index is 2.84. The highest BCUT2D eigenvalue weighted by Gasteiger charge is 2.42. The van der Waals surface area contributed by atoms with Crippen molar-refractivity contribution in [1.29, 1.82) is 0 Å². The number of carbonyl (C=O) groups is 2. The molecule has 21 heavy (non-hydrogen) atoms. The van der Waals surface area contributed by atoms with Crippen molar-refractivity contribution in [3.05, 3.63) is 30.3 Å². The summed E-state index contributed by atoms with van der Waals surface area (Å²) in [6, 6.07) is 8.93. The number of benzene rings is 1. The molecule has 1 aromatic carbocycles. The van der Waals surface area contributed by atoms with Crippen molar-refractivity contribution in [2.45, 2.75) is 40.5 Å². The van der Waals surface area contributed by atoms with Crippen LogP contribution in [0.2, 0.25) is 0 Å². The number of carbonyl (C=O) groups excluding carboxylic acids is 2. The van der Waals surface area contributed by atoms with E-state index in [4.69, 9.17) is 9.47 Å². The minimum Gasteiger partial charge on any atom is -0.469 e. The smallest absolute Gasteiger partial charge is 0.316 e. The molecule has 1 atom stereocenters. The van der Waals surface area contributed by atoms with Crippen LogP contribution in [0.15, 0.2) is 30.3 Å². The molecule has 1 unspecified atom stereocenters. The highest BCUT2D eigenvalue weighted by Crippen LogP contribution is 2.38. The first kappa shape index (κ1) is 17.2. The second-order valence-electron chi connectivity index (χ2n) is 6.17. The van der Waals surface area contributed by atoms with Crippen LogP contribution in [0.25, 0.3) is 0 Å². The molecule has 1 aromatic rings. The SMILES string of the molecule is CCC(C)(CC(C)(C)C(=O)Oc1ccccc1)C(=O)OC. The average molecular weight is 292 g/mol. The summed E-state index contributed by atoms with van der Waals surface area (Å²) in [5, 5.41) is 0. The molecule has 0 aliphatic rings. The zero-order valence-electron chi connectivity index (χ0n) is 13.4. The molecule has 0 amide bonds. The third-order valence-electron chi connectivity index (χ3n) is 3.80. The molecule has 0 fully saturated rings. The molecular formula is C17H24O4. The molecule has 0 N–H and O–H groups in total. The van der Waals surface area contributed by atoms with Crippen LogP contribution in [-0.4, -0.2) is 19.0 Å². The van der Waals surface area contributed by atoms with E-state index < -0.39 is 10.8 Å². The fourth-order valence-electron chi connectivity index (χ4n) is 2.37. The second-order valence-corrected chi connectivity index (χ2v) is 6.17. The molecule has 0 radical (unpaired) electrons. The molecule has 0 aliphatic heterocycles. The number of rotatable bonds is 6. The molecule has 4 heteroatoms. The van der Waals surface area contributed by atoms with Crippen LogP contribution in [0, 0.1) is 10.8 Å². The predicted octanol–water partition coefficient (Wildman–Crippen LogP) is 3.60. The largest absolute Gasteiger partial charge is 0.469 e. The Hall–Kier alpha value is -1.84. The van der Waals surface area contributed by atoms with E-state index in [0.29, 0.717) is 18.6 Å². The number of esters is 2. The molecule has 0 heterocycles. The van der Waals surface area contributed by atoms with Gasteiger partial charge in [-0.3, -0.25) is 9.59 Å². The molecule has 0 saturated carbocycles. The van der Waals surface area contributed by atoms with Crippen molar-refractivity contribution >= 4 is 11.9 Å². The summed E-state index contributed by atoms with van der Waals surface area (Å²) in [5.74, 6) is -0.144. The van der Waals surface area contributed by atoms with Crippen molar-refractivity contribution in [3.8, 4) is 5.75 Å². The summed E-state index contributed by atoms with van der Waals surface area (Å²) in [6.45, 7) is 7.30. The minimum atomic E-state index is -0.783. The lowest BCUT2D eigenvalue weighted by Crippen LogP contribution is -2.39. The van der Waals surface area contributed by atoms with Gasteiger partial charge in [-0.15, -0.1) is 0 Å². The lowest BCUT2D eigenvalue weighted by atomic mass is 9.72. The van der Waals surface area contributed by atoms with Crippen molar-refractivity contribution in [3.63, 3.8) is 0 Å². The van der Waals surface area contributed by atoms with Gasteiger partial charge in [0.2, 0.25) is 0 Å². The molecule has 0 aliphatic carbocycles. The van der Waals surface area contributed by atoms with Gasteiger partial charge in [0.1, 0.15) is 5.75 Å².